The molecule has 0 saturated carbocycles. The average molecular weight is 457 g/mol. The predicted octanol–water partition coefficient (Wildman–Crippen LogP) is 1.24. The van der Waals surface area contributed by atoms with Crippen molar-refractivity contribution in [2.24, 2.45) is 5.41 Å². The summed E-state index contributed by atoms with van der Waals surface area (Å²) in [6.45, 7) is 4.68. The largest absolute Gasteiger partial charge is 0.475 e. The van der Waals surface area contributed by atoms with Crippen LogP contribution in [0.15, 0.2) is 21.9 Å². The van der Waals surface area contributed by atoms with Gasteiger partial charge in [0, 0.05) is 18.7 Å². The van der Waals surface area contributed by atoms with E-state index in [1.165, 1.54) is 13.1 Å². The molecule has 3 rings (SSSR count). The van der Waals surface area contributed by atoms with Gasteiger partial charge in [-0.25, -0.2) is 9.36 Å². The summed E-state index contributed by atoms with van der Waals surface area (Å²) in [5.41, 5.74) is -2.78. The Labute approximate surface area is 177 Å². The van der Waals surface area contributed by atoms with E-state index in [2.05, 4.69) is 11.1 Å². The average Bonchev–Trinajstić information content (AvgIpc) is 2.97. The van der Waals surface area contributed by atoms with Crippen molar-refractivity contribution in [3.63, 3.8) is 0 Å². The molecule has 0 amide bonds. The number of phosphoric acid groups is 1. The molecular formula is C18H24N3O9P. The van der Waals surface area contributed by atoms with E-state index in [1.807, 2.05) is 0 Å². The van der Waals surface area contributed by atoms with Crippen molar-refractivity contribution < 1.29 is 32.4 Å². The molecule has 0 unspecified atom stereocenters. The van der Waals surface area contributed by atoms with Gasteiger partial charge in [-0.1, -0.05) is 0 Å². The fourth-order valence-electron chi connectivity index (χ4n) is 3.41. The minimum absolute atomic E-state index is 0.0699. The lowest BCUT2D eigenvalue weighted by Gasteiger charge is -2.34. The van der Waals surface area contributed by atoms with Crippen LogP contribution in [-0.4, -0.2) is 47.0 Å². The molecule has 2 fully saturated rings. The van der Waals surface area contributed by atoms with Crippen molar-refractivity contribution in [3.05, 3.63) is 33.1 Å². The van der Waals surface area contributed by atoms with Gasteiger partial charge in [0.15, 0.2) is 6.23 Å². The second-order valence-corrected chi connectivity index (χ2v) is 9.30. The summed E-state index contributed by atoms with van der Waals surface area (Å²) in [4.78, 5) is 37.2. The smallest absolute Gasteiger partial charge is 0.463 e. The zero-order valence-corrected chi connectivity index (χ0v) is 18.2. The molecule has 0 aliphatic carbocycles. The Hall–Kier alpha value is -2.29. The highest BCUT2D eigenvalue weighted by Crippen LogP contribution is 2.60. The van der Waals surface area contributed by atoms with Gasteiger partial charge in [-0.05, 0) is 27.2 Å². The molecule has 12 nitrogen and oxygen atoms in total. The molecule has 0 bridgehead atoms. The fourth-order valence-corrected chi connectivity index (χ4v) is 4.92. The summed E-state index contributed by atoms with van der Waals surface area (Å²) >= 11 is 0. The van der Waals surface area contributed by atoms with Crippen LogP contribution in [0.5, 0.6) is 0 Å². The van der Waals surface area contributed by atoms with Gasteiger partial charge in [0.2, 0.25) is 0 Å². The summed E-state index contributed by atoms with van der Waals surface area (Å²) in [5, 5.41) is 9.84. The third-order valence-electron chi connectivity index (χ3n) is 4.87. The van der Waals surface area contributed by atoms with Gasteiger partial charge in [0.1, 0.15) is 17.6 Å². The minimum atomic E-state index is -4.03. The van der Waals surface area contributed by atoms with E-state index in [9.17, 15) is 24.2 Å². The lowest BCUT2D eigenvalue weighted by molar-refractivity contribution is -0.147. The molecule has 2 aliphatic rings. The first kappa shape index (κ1) is 23.4. The number of rotatable bonds is 7. The normalized spacial score (nSPS) is 32.4. The van der Waals surface area contributed by atoms with E-state index >= 15 is 0 Å². The van der Waals surface area contributed by atoms with E-state index in [0.717, 1.165) is 10.6 Å². The summed E-state index contributed by atoms with van der Waals surface area (Å²) in [6.07, 6.45) is -1.64. The van der Waals surface area contributed by atoms with Crippen molar-refractivity contribution in [1.82, 2.24) is 9.55 Å². The van der Waals surface area contributed by atoms with Crippen molar-refractivity contribution in [2.45, 2.75) is 58.2 Å². The molecule has 170 valence electrons. The Morgan fingerprint density at radius 3 is 2.87 bits per heavy atom. The number of aromatic nitrogens is 2. The molecule has 0 spiro atoms. The molecule has 3 heterocycles. The molecule has 2 saturated heterocycles. The molecule has 0 aromatic carbocycles. The lowest BCUT2D eigenvalue weighted by atomic mass is 9.84. The Bertz CT molecular complexity index is 1030. The van der Waals surface area contributed by atoms with Crippen LogP contribution in [0.1, 0.15) is 39.8 Å². The van der Waals surface area contributed by atoms with Gasteiger partial charge >= 0.3 is 19.5 Å². The van der Waals surface area contributed by atoms with E-state index in [4.69, 9.17) is 23.0 Å². The summed E-state index contributed by atoms with van der Waals surface area (Å²) < 4.78 is 40.8. The Morgan fingerprint density at radius 2 is 2.23 bits per heavy atom. The van der Waals surface area contributed by atoms with Crippen LogP contribution in [0, 0.1) is 16.7 Å². The van der Waals surface area contributed by atoms with Crippen LogP contribution in [0.4, 0.5) is 0 Å². The van der Waals surface area contributed by atoms with Crippen LogP contribution < -0.4 is 11.2 Å². The van der Waals surface area contributed by atoms with Crippen molar-refractivity contribution in [2.75, 3.05) is 13.2 Å². The Kier molecular flexibility index (Phi) is 6.83. The number of hydrogen-bond donors (Lipinski definition) is 1. The number of H-pyrrole nitrogens is 1. The van der Waals surface area contributed by atoms with Crippen LogP contribution in [-0.2, 0) is 32.4 Å². The van der Waals surface area contributed by atoms with E-state index < -0.39 is 48.9 Å². The highest BCUT2D eigenvalue weighted by atomic mass is 31.2. The first-order valence-electron chi connectivity index (χ1n) is 9.73. The number of aromatic amines is 1. The Balaban J connectivity index is 1.69. The molecule has 1 N–H and O–H groups in total. The zero-order chi connectivity index (χ0) is 22.8. The quantitative estimate of drug-likeness (QED) is 0.358. The number of phosphoric ester groups is 1. The monoisotopic (exact) mass is 457 g/mol. The molecule has 31 heavy (non-hydrogen) atoms. The highest BCUT2D eigenvalue weighted by molar-refractivity contribution is 7.48. The van der Waals surface area contributed by atoms with E-state index in [-0.39, 0.29) is 32.2 Å². The molecular weight excluding hydrogens is 433 g/mol. The molecule has 13 heteroatoms. The topological polar surface area (TPSA) is 159 Å². The van der Waals surface area contributed by atoms with Gasteiger partial charge in [-0.15, -0.1) is 0 Å². The second-order valence-electron chi connectivity index (χ2n) is 7.68. The maximum atomic E-state index is 12.9. The number of nitrogens with one attached hydrogen (secondary N) is 1. The first-order chi connectivity index (χ1) is 14.6. The fraction of sp³-hybridized carbons (Fsp3) is 0.667. The van der Waals surface area contributed by atoms with E-state index in [0.29, 0.717) is 0 Å². The van der Waals surface area contributed by atoms with E-state index in [1.54, 1.807) is 13.8 Å². The maximum absolute atomic E-state index is 12.9. The third-order valence-corrected chi connectivity index (χ3v) is 6.32. The molecule has 1 aromatic heterocycles. The number of nitriles is 1. The van der Waals surface area contributed by atoms with Gasteiger partial charge in [0.05, 0.1) is 25.4 Å². The number of nitrogens with zero attached hydrogens (tertiary/aromatic N) is 2. The van der Waals surface area contributed by atoms with Gasteiger partial charge in [0.25, 0.3) is 5.56 Å². The van der Waals surface area contributed by atoms with Gasteiger partial charge < -0.3 is 9.47 Å². The number of hydrogen-bond acceptors (Lipinski definition) is 10. The standard InChI is InChI=1S/C18H24N3O9P/c1-11(2)28-14(23)5-4-8-26-31(25)27-9-12-15(30-31)18(3,10-19)16(29-12)21-7-6-13(22)20-17(21)24/h6-7,11-12,15-16H,4-5,8-9H2,1-3H3,(H,20,22,24)/t12-,15-,16-,18-,31-/m1/s1. The van der Waals surface area contributed by atoms with Crippen LogP contribution >= 0.6 is 7.82 Å². The summed E-state index contributed by atoms with van der Waals surface area (Å²) in [6, 6.07) is 3.20. The minimum Gasteiger partial charge on any atom is -0.463 e. The van der Waals surface area contributed by atoms with Crippen LogP contribution in [0.25, 0.3) is 0 Å². The molecule has 5 atom stereocenters. The first-order valence-corrected chi connectivity index (χ1v) is 11.2. The predicted molar refractivity (Wildman–Crippen MR) is 104 cm³/mol. The zero-order valence-electron chi connectivity index (χ0n) is 17.3. The SMILES string of the molecule is CC(C)OC(=O)CCCO[P@]1(=O)OC[C@H]2O[C@@H](n3ccc(=O)[nH]c3=O)[C@](C)(C#N)[C@@H]2O1. The van der Waals surface area contributed by atoms with Crippen molar-refractivity contribution >= 4 is 13.8 Å². The molecule has 0 radical (unpaired) electrons. The number of carbonyl (C=O) groups excluding carboxylic acids is 1. The highest BCUT2D eigenvalue weighted by Gasteiger charge is 2.61. The maximum Gasteiger partial charge on any atom is 0.475 e. The van der Waals surface area contributed by atoms with Gasteiger partial charge in [-0.3, -0.25) is 32.7 Å². The van der Waals surface area contributed by atoms with Crippen LogP contribution in [0.3, 0.4) is 0 Å². The van der Waals surface area contributed by atoms with Crippen LogP contribution in [0.2, 0.25) is 0 Å². The molecule has 1 aromatic rings. The number of fused-ring (bicyclic) bond motifs is 1. The Morgan fingerprint density at radius 1 is 1.48 bits per heavy atom. The number of esters is 1. The van der Waals surface area contributed by atoms with Crippen molar-refractivity contribution in [3.8, 4) is 6.07 Å². The number of carbonyl (C=O) groups is 1. The van der Waals surface area contributed by atoms with Gasteiger partial charge in [-0.2, -0.15) is 5.26 Å². The summed E-state index contributed by atoms with van der Waals surface area (Å²) in [5.74, 6) is -0.405. The second kappa shape index (κ2) is 9.06. The lowest BCUT2D eigenvalue weighted by Crippen LogP contribution is -2.43. The molecule has 2 aliphatic heterocycles. The van der Waals surface area contributed by atoms with Crippen molar-refractivity contribution in [1.29, 1.82) is 5.26 Å². The third kappa shape index (κ3) is 4.97. The summed E-state index contributed by atoms with van der Waals surface area (Å²) in [7, 11) is -4.03. The number of ether oxygens (including phenoxy) is 2.